The summed E-state index contributed by atoms with van der Waals surface area (Å²) in [6, 6.07) is 10.1. The van der Waals surface area contributed by atoms with E-state index >= 15 is 0 Å². The highest BCUT2D eigenvalue weighted by atomic mass is 16.2. The Morgan fingerprint density at radius 3 is 2.29 bits per heavy atom. The highest BCUT2D eigenvalue weighted by Gasteiger charge is 2.34. The van der Waals surface area contributed by atoms with E-state index in [9.17, 15) is 4.79 Å². The molecule has 1 aliphatic heterocycles. The average Bonchev–Trinajstić information content (AvgIpc) is 2.77. The average molecular weight is 284 g/mol. The second-order valence-corrected chi connectivity index (χ2v) is 6.23. The van der Waals surface area contributed by atoms with Gasteiger partial charge in [-0.25, -0.2) is 4.99 Å². The molecule has 1 atom stereocenters. The molecular weight excluding hydrogens is 260 g/mol. The maximum atomic E-state index is 12.6. The smallest absolute Gasteiger partial charge is 0.278 e. The van der Waals surface area contributed by atoms with Crippen molar-refractivity contribution in [2.24, 2.45) is 16.8 Å². The Labute approximate surface area is 127 Å². The van der Waals surface area contributed by atoms with E-state index in [1.807, 2.05) is 49.1 Å². The van der Waals surface area contributed by atoms with Gasteiger partial charge >= 0.3 is 0 Å². The van der Waals surface area contributed by atoms with E-state index in [4.69, 9.17) is 0 Å². The van der Waals surface area contributed by atoms with Gasteiger partial charge in [0.1, 0.15) is 11.5 Å². The molecule has 0 radical (unpaired) electrons. The molecule has 0 aliphatic carbocycles. The minimum absolute atomic E-state index is 0.0290. The standard InChI is InChI=1S/C18H24N2O/c1-12(2)14(5)17-19-16(13(3)4)18(21)20(17)11-15-9-7-6-8-10-15/h6-10,12,14H,11H2,1-5H3. The molecular formula is C18H24N2O. The van der Waals surface area contributed by atoms with Gasteiger partial charge in [-0.1, -0.05) is 51.1 Å². The van der Waals surface area contributed by atoms with Gasteiger partial charge in [0.25, 0.3) is 5.91 Å². The molecule has 3 nitrogen and oxygen atoms in total. The molecule has 1 unspecified atom stereocenters. The van der Waals surface area contributed by atoms with Crippen LogP contribution in [-0.2, 0) is 11.3 Å². The monoisotopic (exact) mass is 284 g/mol. The maximum Gasteiger partial charge on any atom is 0.278 e. The third kappa shape index (κ3) is 3.23. The molecule has 1 heterocycles. The number of hydrogen-bond acceptors (Lipinski definition) is 2. The summed E-state index contributed by atoms with van der Waals surface area (Å²) in [6.07, 6.45) is 0. The number of carbonyl (C=O) groups excluding carboxylic acids is 1. The second-order valence-electron chi connectivity index (χ2n) is 6.23. The summed E-state index contributed by atoms with van der Waals surface area (Å²) in [5.74, 6) is 1.64. The van der Waals surface area contributed by atoms with Gasteiger partial charge in [-0.05, 0) is 30.9 Å². The van der Waals surface area contributed by atoms with Crippen molar-refractivity contribution in [2.45, 2.75) is 41.2 Å². The summed E-state index contributed by atoms with van der Waals surface area (Å²) >= 11 is 0. The highest BCUT2D eigenvalue weighted by Crippen LogP contribution is 2.27. The van der Waals surface area contributed by atoms with Crippen molar-refractivity contribution in [3.63, 3.8) is 0 Å². The van der Waals surface area contributed by atoms with E-state index < -0.39 is 0 Å². The minimum Gasteiger partial charge on any atom is -0.290 e. The Morgan fingerprint density at radius 1 is 1.14 bits per heavy atom. The zero-order valence-corrected chi connectivity index (χ0v) is 13.6. The van der Waals surface area contributed by atoms with Crippen molar-refractivity contribution < 1.29 is 4.79 Å². The molecule has 1 aromatic rings. The number of hydrogen-bond donors (Lipinski definition) is 0. The molecule has 0 saturated carbocycles. The number of benzene rings is 1. The van der Waals surface area contributed by atoms with Crippen LogP contribution in [0.15, 0.2) is 46.6 Å². The quantitative estimate of drug-likeness (QED) is 0.769. The second kappa shape index (κ2) is 6.25. The number of carbonyl (C=O) groups is 1. The zero-order chi connectivity index (χ0) is 15.6. The molecule has 3 heteroatoms. The molecule has 1 amide bonds. The molecule has 0 fully saturated rings. The van der Waals surface area contributed by atoms with Gasteiger partial charge in [0.05, 0.1) is 6.54 Å². The molecule has 0 saturated heterocycles. The first-order valence-electron chi connectivity index (χ1n) is 7.53. The first kappa shape index (κ1) is 15.5. The van der Waals surface area contributed by atoms with Gasteiger partial charge in [-0.15, -0.1) is 0 Å². The van der Waals surface area contributed by atoms with Crippen molar-refractivity contribution in [3.8, 4) is 0 Å². The van der Waals surface area contributed by atoms with Gasteiger partial charge < -0.3 is 0 Å². The fraction of sp³-hybridized carbons (Fsp3) is 0.444. The third-order valence-electron chi connectivity index (χ3n) is 4.02. The van der Waals surface area contributed by atoms with Crippen molar-refractivity contribution in [3.05, 3.63) is 47.2 Å². The lowest BCUT2D eigenvalue weighted by Crippen LogP contribution is -2.36. The molecule has 0 aromatic heterocycles. The number of rotatable bonds is 4. The summed E-state index contributed by atoms with van der Waals surface area (Å²) in [7, 11) is 0. The minimum atomic E-state index is 0.0290. The van der Waals surface area contributed by atoms with Crippen LogP contribution in [0.5, 0.6) is 0 Å². The summed E-state index contributed by atoms with van der Waals surface area (Å²) < 4.78 is 0. The Balaban J connectivity index is 2.35. The molecule has 0 N–H and O–H groups in total. The van der Waals surface area contributed by atoms with Crippen LogP contribution >= 0.6 is 0 Å². The van der Waals surface area contributed by atoms with E-state index in [0.717, 1.165) is 17.0 Å². The van der Waals surface area contributed by atoms with Crippen molar-refractivity contribution in [1.82, 2.24) is 4.90 Å². The van der Waals surface area contributed by atoms with E-state index in [0.29, 0.717) is 18.2 Å². The summed E-state index contributed by atoms with van der Waals surface area (Å²) in [5, 5.41) is 0. The number of nitrogens with zero attached hydrogens (tertiary/aromatic N) is 2. The predicted octanol–water partition coefficient (Wildman–Crippen LogP) is 4.01. The van der Waals surface area contributed by atoms with Gasteiger partial charge in [0.15, 0.2) is 0 Å². The fourth-order valence-electron chi connectivity index (χ4n) is 2.34. The lowest BCUT2D eigenvalue weighted by atomic mass is 9.96. The molecule has 0 spiro atoms. The number of aliphatic imine (C=N–C) groups is 1. The largest absolute Gasteiger partial charge is 0.290 e. The van der Waals surface area contributed by atoms with Crippen LogP contribution in [0.4, 0.5) is 0 Å². The molecule has 112 valence electrons. The Hall–Kier alpha value is -1.90. The molecule has 21 heavy (non-hydrogen) atoms. The molecule has 1 aliphatic rings. The molecule has 2 rings (SSSR count). The van der Waals surface area contributed by atoms with Crippen LogP contribution in [0.3, 0.4) is 0 Å². The van der Waals surface area contributed by atoms with E-state index in [-0.39, 0.29) is 11.8 Å². The Bertz CT molecular complexity index is 580. The lowest BCUT2D eigenvalue weighted by molar-refractivity contribution is -0.123. The fourth-order valence-corrected chi connectivity index (χ4v) is 2.34. The van der Waals surface area contributed by atoms with Crippen LogP contribution in [0.1, 0.15) is 40.2 Å². The molecule has 0 bridgehead atoms. The predicted molar refractivity (Wildman–Crippen MR) is 86.8 cm³/mol. The number of amidine groups is 1. The summed E-state index contributed by atoms with van der Waals surface area (Å²) in [4.78, 5) is 19.1. The van der Waals surface area contributed by atoms with Crippen LogP contribution in [-0.4, -0.2) is 16.6 Å². The third-order valence-corrected chi connectivity index (χ3v) is 4.02. The van der Waals surface area contributed by atoms with Gasteiger partial charge in [-0.2, -0.15) is 0 Å². The van der Waals surface area contributed by atoms with E-state index in [1.54, 1.807) is 0 Å². The number of allylic oxidation sites excluding steroid dienone is 1. The van der Waals surface area contributed by atoms with Crippen LogP contribution in [0.2, 0.25) is 0 Å². The topological polar surface area (TPSA) is 32.7 Å². The van der Waals surface area contributed by atoms with Crippen LogP contribution in [0.25, 0.3) is 0 Å². The molecule has 1 aromatic carbocycles. The van der Waals surface area contributed by atoms with Gasteiger partial charge in [0.2, 0.25) is 0 Å². The van der Waals surface area contributed by atoms with Crippen molar-refractivity contribution >= 4 is 11.7 Å². The normalized spacial score (nSPS) is 16.5. The van der Waals surface area contributed by atoms with Crippen molar-refractivity contribution in [1.29, 1.82) is 0 Å². The lowest BCUT2D eigenvalue weighted by Gasteiger charge is -2.24. The maximum absolute atomic E-state index is 12.6. The number of amides is 1. The Morgan fingerprint density at radius 2 is 1.76 bits per heavy atom. The summed E-state index contributed by atoms with van der Waals surface area (Å²) in [5.41, 5.74) is 2.71. The van der Waals surface area contributed by atoms with Gasteiger partial charge in [0, 0.05) is 5.92 Å². The van der Waals surface area contributed by atoms with E-state index in [1.165, 1.54) is 0 Å². The zero-order valence-electron chi connectivity index (χ0n) is 13.6. The first-order chi connectivity index (χ1) is 9.91. The SMILES string of the molecule is CC(C)=C1N=C(C(C)C(C)C)N(Cc2ccccc2)C1=O. The van der Waals surface area contributed by atoms with Gasteiger partial charge in [-0.3, -0.25) is 9.69 Å². The highest BCUT2D eigenvalue weighted by molar-refractivity contribution is 6.13. The van der Waals surface area contributed by atoms with Crippen molar-refractivity contribution in [2.75, 3.05) is 0 Å². The van der Waals surface area contributed by atoms with E-state index in [2.05, 4.69) is 25.8 Å². The summed E-state index contributed by atoms with van der Waals surface area (Å²) in [6.45, 7) is 11.0. The van der Waals surface area contributed by atoms with Crippen LogP contribution in [0, 0.1) is 11.8 Å². The first-order valence-corrected chi connectivity index (χ1v) is 7.53. The Kier molecular flexibility index (Phi) is 4.61. The van der Waals surface area contributed by atoms with Crippen LogP contribution < -0.4 is 0 Å².